The van der Waals surface area contributed by atoms with E-state index in [-0.39, 0.29) is 29.1 Å². The maximum atomic E-state index is 14.5. The number of carbonyl (C=O) groups is 2. The van der Waals surface area contributed by atoms with Crippen LogP contribution in [-0.4, -0.2) is 88.6 Å². The lowest BCUT2D eigenvalue weighted by atomic mass is 9.95. The van der Waals surface area contributed by atoms with Crippen molar-refractivity contribution in [1.29, 1.82) is 0 Å². The number of fused-ring (bicyclic) bond motifs is 1. The first-order chi connectivity index (χ1) is 30.0. The van der Waals surface area contributed by atoms with Gasteiger partial charge in [0.2, 0.25) is 0 Å². The average Bonchev–Trinajstić information content (AvgIpc) is 3.75. The highest BCUT2D eigenvalue weighted by Crippen LogP contribution is 2.47. The van der Waals surface area contributed by atoms with E-state index < -0.39 is 52.4 Å². The van der Waals surface area contributed by atoms with Crippen molar-refractivity contribution in [3.63, 3.8) is 0 Å². The Balaban J connectivity index is 1.56. The summed E-state index contributed by atoms with van der Waals surface area (Å²) in [6.07, 6.45) is 4.72. The van der Waals surface area contributed by atoms with Crippen LogP contribution < -0.4 is 4.74 Å². The molecule has 0 saturated carbocycles. The minimum Gasteiger partial charge on any atom is -0.467 e. The molecule has 1 fully saturated rings. The molecule has 2 unspecified atom stereocenters. The van der Waals surface area contributed by atoms with Crippen molar-refractivity contribution in [1.82, 2.24) is 9.55 Å². The fourth-order valence-electron chi connectivity index (χ4n) is 7.33. The Morgan fingerprint density at radius 2 is 1.61 bits per heavy atom. The third-order valence-electron chi connectivity index (χ3n) is 12.1. The summed E-state index contributed by atoms with van der Waals surface area (Å²) in [6, 6.07) is 21.8. The molecule has 0 amide bonds. The van der Waals surface area contributed by atoms with E-state index in [1.54, 1.807) is 37.3 Å². The minimum absolute atomic E-state index is 0.00444. The van der Waals surface area contributed by atoms with Gasteiger partial charge >= 0.3 is 11.9 Å². The van der Waals surface area contributed by atoms with Gasteiger partial charge in [-0.15, -0.1) is 11.8 Å². The Kier molecular flexibility index (Phi) is 17.4. The highest BCUT2D eigenvalue weighted by atomic mass is 32.2. The molecule has 6 atom stereocenters. The van der Waals surface area contributed by atoms with Crippen LogP contribution in [0, 0.1) is 5.92 Å². The number of rotatable bonds is 21. The Hall–Kier alpha value is -3.77. The summed E-state index contributed by atoms with van der Waals surface area (Å²) in [6.45, 7) is 26.2. The number of aromatic nitrogens is 2. The second-order valence-electron chi connectivity index (χ2n) is 20.1. The van der Waals surface area contributed by atoms with Gasteiger partial charge in [-0.25, -0.2) is 14.6 Å². The van der Waals surface area contributed by atoms with Crippen LogP contribution >= 0.6 is 11.8 Å². The van der Waals surface area contributed by atoms with Gasteiger partial charge < -0.3 is 37.4 Å². The van der Waals surface area contributed by atoms with Gasteiger partial charge in [-0.05, 0) is 94.0 Å². The zero-order chi connectivity index (χ0) is 47.0. The third-order valence-corrected chi connectivity index (χ3v) is 19.7. The molecule has 1 saturated heterocycles. The summed E-state index contributed by atoms with van der Waals surface area (Å²) in [5.74, 6) is -1.54. The molecule has 0 radical (unpaired) electrons. The van der Waals surface area contributed by atoms with Crippen molar-refractivity contribution >= 4 is 51.1 Å². The molecule has 11 nitrogen and oxygen atoms in total. The average molecular weight is 933 g/mol. The fourth-order valence-corrected chi connectivity index (χ4v) is 10.8. The lowest BCUT2D eigenvalue weighted by Crippen LogP contribution is -2.44. The predicted octanol–water partition coefficient (Wildman–Crippen LogP) is 12.0. The number of nitrogens with zero attached hydrogens (tertiary/aromatic N) is 2. The molecule has 0 bridgehead atoms. The fraction of sp³-hybridized carbons (Fsp3) is 0.540. The molecule has 1 aliphatic heterocycles. The van der Waals surface area contributed by atoms with Crippen molar-refractivity contribution in [2.45, 2.75) is 145 Å². The number of carbonyl (C=O) groups excluding carboxylic acids is 2. The number of ether oxygens (including phenoxy) is 6. The van der Waals surface area contributed by atoms with Gasteiger partial charge in [-0.1, -0.05) is 89.8 Å². The summed E-state index contributed by atoms with van der Waals surface area (Å²) < 4.78 is 46.1. The Morgan fingerprint density at radius 3 is 2.23 bits per heavy atom. The second kappa shape index (κ2) is 21.7. The summed E-state index contributed by atoms with van der Waals surface area (Å²) in [4.78, 5) is 34.2. The molecule has 350 valence electrons. The van der Waals surface area contributed by atoms with Crippen LogP contribution in [0.15, 0.2) is 90.1 Å². The summed E-state index contributed by atoms with van der Waals surface area (Å²) >= 11 is 1.64. The smallest absolute Gasteiger partial charge is 0.342 e. The van der Waals surface area contributed by atoms with E-state index in [0.29, 0.717) is 47.4 Å². The zero-order valence-electron chi connectivity index (χ0n) is 40.6. The van der Waals surface area contributed by atoms with Crippen LogP contribution in [0.1, 0.15) is 92.8 Å². The van der Waals surface area contributed by atoms with Gasteiger partial charge in [0.15, 0.2) is 20.9 Å². The normalized spacial score (nSPS) is 18.8. The first kappa shape index (κ1) is 51.2. The van der Waals surface area contributed by atoms with Gasteiger partial charge in [0.1, 0.15) is 23.5 Å². The van der Waals surface area contributed by atoms with Crippen LogP contribution in [0.2, 0.25) is 43.8 Å². The van der Waals surface area contributed by atoms with E-state index in [1.807, 2.05) is 74.0 Å². The first-order valence-corrected chi connectivity index (χ1v) is 30.0. The van der Waals surface area contributed by atoms with Crippen molar-refractivity contribution < 1.29 is 42.4 Å². The molecule has 2 heterocycles. The quantitative estimate of drug-likeness (QED) is 0.0261. The van der Waals surface area contributed by atoms with Crippen molar-refractivity contribution in [3.8, 4) is 5.75 Å². The summed E-state index contributed by atoms with van der Waals surface area (Å²) in [7, 11) is -0.104. The topological polar surface area (TPSA) is 117 Å². The standard InChI is InChI=1S/C50H72N2O9SSi2/c1-34(35(2)61-64(13,14)49(3,4)5)25-26-39(58-47(53)36-21-17-15-18-22-36)46-40(59-50(6,7)60-46)27-28-42(62-37-23-19-16-20-24-37)44-43(48(54)56-29-30-63(10,11)12)41(57-33-55-9)31-38-45(44)51-32-52(38)8/h15-26,31-32,34-35,39-40,42,46H,27-30,33H2,1-14H3/b26-25-/t34-,35+,39?,40+,42?,46+/m1/s1. The summed E-state index contributed by atoms with van der Waals surface area (Å²) in [5.41, 5.74) is 2.96. The molecule has 1 aromatic heterocycles. The maximum Gasteiger partial charge on any atom is 0.342 e. The van der Waals surface area contributed by atoms with Gasteiger partial charge in [-0.2, -0.15) is 0 Å². The van der Waals surface area contributed by atoms with E-state index in [2.05, 4.69) is 85.6 Å². The van der Waals surface area contributed by atoms with Crippen molar-refractivity contribution in [2.75, 3.05) is 20.5 Å². The van der Waals surface area contributed by atoms with Crippen molar-refractivity contribution in [2.24, 2.45) is 13.0 Å². The first-order valence-electron chi connectivity index (χ1n) is 22.5. The van der Waals surface area contributed by atoms with E-state index in [4.69, 9.17) is 37.8 Å². The maximum absolute atomic E-state index is 14.5. The molecule has 1 aliphatic rings. The van der Waals surface area contributed by atoms with Crippen molar-refractivity contribution in [3.05, 3.63) is 102 Å². The van der Waals surface area contributed by atoms with Gasteiger partial charge in [0.25, 0.3) is 0 Å². The van der Waals surface area contributed by atoms with Gasteiger partial charge in [0.05, 0.1) is 35.6 Å². The number of hydrogen-bond acceptors (Lipinski definition) is 11. The van der Waals surface area contributed by atoms with E-state index in [0.717, 1.165) is 16.5 Å². The highest BCUT2D eigenvalue weighted by Gasteiger charge is 2.47. The molecule has 0 N–H and O–H groups in total. The Morgan fingerprint density at radius 1 is 0.953 bits per heavy atom. The van der Waals surface area contributed by atoms with Crippen LogP contribution in [0.3, 0.4) is 0 Å². The van der Waals surface area contributed by atoms with E-state index in [9.17, 15) is 9.59 Å². The molecule has 4 aromatic rings. The Bertz CT molecular complexity index is 2180. The van der Waals surface area contributed by atoms with Crippen LogP contribution in [0.25, 0.3) is 11.0 Å². The lowest BCUT2D eigenvalue weighted by molar-refractivity contribution is -0.153. The molecule has 0 aliphatic carbocycles. The molecular formula is C50H72N2O9SSi2. The van der Waals surface area contributed by atoms with Gasteiger partial charge in [0, 0.05) is 50.1 Å². The second-order valence-corrected chi connectivity index (χ2v) is 31.7. The molecule has 0 spiro atoms. The number of methoxy groups -OCH3 is 1. The monoisotopic (exact) mass is 932 g/mol. The SMILES string of the molecule is COCOc1cc2c(ncn2C)c(C(CC[C@@H]2OC(C)(C)O[C@H]2C(/C=C\[C@@H](C)[C@H](C)O[Si](C)(C)C(C)(C)C)OC(=O)c2ccccc2)Sc2ccccc2)c1C(=O)OCC[Si](C)(C)C. The largest absolute Gasteiger partial charge is 0.467 e. The zero-order valence-corrected chi connectivity index (χ0v) is 43.4. The molecule has 14 heteroatoms. The molecule has 5 rings (SSSR count). The summed E-state index contributed by atoms with van der Waals surface area (Å²) in [5, 5.41) is -0.286. The molecule has 64 heavy (non-hydrogen) atoms. The van der Waals surface area contributed by atoms with Crippen LogP contribution in [0.5, 0.6) is 5.75 Å². The minimum atomic E-state index is -2.06. The number of aryl methyl sites for hydroxylation is 1. The third kappa shape index (κ3) is 13.6. The highest BCUT2D eigenvalue weighted by molar-refractivity contribution is 7.99. The van der Waals surface area contributed by atoms with Crippen LogP contribution in [0.4, 0.5) is 0 Å². The van der Waals surface area contributed by atoms with Gasteiger partial charge in [-0.3, -0.25) is 0 Å². The Labute approximate surface area is 388 Å². The van der Waals surface area contributed by atoms with E-state index >= 15 is 0 Å². The number of hydrogen-bond donors (Lipinski definition) is 0. The number of esters is 2. The lowest BCUT2D eigenvalue weighted by Gasteiger charge is -2.39. The van der Waals surface area contributed by atoms with E-state index in [1.165, 1.54) is 0 Å². The number of benzene rings is 3. The number of imidazole rings is 1. The number of thioether (sulfide) groups is 1. The molecule has 3 aromatic carbocycles. The predicted molar refractivity (Wildman–Crippen MR) is 261 cm³/mol. The van der Waals surface area contributed by atoms with Crippen LogP contribution in [-0.2, 0) is 35.2 Å². The molecular weight excluding hydrogens is 861 g/mol.